The molecule has 0 radical (unpaired) electrons. The van der Waals surface area contributed by atoms with E-state index < -0.39 is 5.60 Å². The Bertz CT molecular complexity index is 428. The minimum atomic E-state index is -0.624. The van der Waals surface area contributed by atoms with E-state index in [2.05, 4.69) is 6.92 Å². The molecule has 19 heavy (non-hydrogen) atoms. The Balaban J connectivity index is 2.20. The zero-order valence-corrected chi connectivity index (χ0v) is 11.9. The number of Topliss-reactive ketones (excluding diaryl/α,β-unsaturated/α-hetero) is 1. The molecule has 3 heteroatoms. The summed E-state index contributed by atoms with van der Waals surface area (Å²) in [5.74, 6) is 1.55. The highest BCUT2D eigenvalue weighted by Crippen LogP contribution is 2.36. The van der Waals surface area contributed by atoms with Gasteiger partial charge in [-0.1, -0.05) is 6.92 Å². The highest BCUT2D eigenvalue weighted by atomic mass is 16.5. The average Bonchev–Trinajstić information content (AvgIpc) is 2.48. The van der Waals surface area contributed by atoms with Crippen LogP contribution in [0.5, 0.6) is 5.75 Å². The minimum Gasteiger partial charge on any atom is -0.497 e. The van der Waals surface area contributed by atoms with Crippen molar-refractivity contribution in [3.63, 3.8) is 0 Å². The number of carbonyl (C=O) groups is 1. The van der Waals surface area contributed by atoms with E-state index in [1.54, 1.807) is 14.2 Å². The maximum atomic E-state index is 12.7. The molecule has 1 aliphatic rings. The summed E-state index contributed by atoms with van der Waals surface area (Å²) in [7, 11) is 3.27. The SMILES string of the molecule is COc1ccc(C(=O)C2(OC)CCC(C)CC2)cc1. The Morgan fingerprint density at radius 2 is 1.74 bits per heavy atom. The fourth-order valence-corrected chi connectivity index (χ4v) is 2.76. The van der Waals surface area contributed by atoms with E-state index in [-0.39, 0.29) is 5.78 Å². The van der Waals surface area contributed by atoms with Crippen molar-refractivity contribution in [1.82, 2.24) is 0 Å². The van der Waals surface area contributed by atoms with Crippen molar-refractivity contribution in [2.75, 3.05) is 14.2 Å². The molecule has 0 amide bonds. The van der Waals surface area contributed by atoms with Gasteiger partial charge in [-0.3, -0.25) is 4.79 Å². The quantitative estimate of drug-likeness (QED) is 0.779. The van der Waals surface area contributed by atoms with Crippen LogP contribution in [0.4, 0.5) is 0 Å². The smallest absolute Gasteiger partial charge is 0.194 e. The Labute approximate surface area is 114 Å². The highest BCUT2D eigenvalue weighted by molar-refractivity contribution is 6.02. The normalized spacial score (nSPS) is 27.0. The average molecular weight is 262 g/mol. The molecule has 3 nitrogen and oxygen atoms in total. The Hall–Kier alpha value is -1.35. The van der Waals surface area contributed by atoms with Gasteiger partial charge in [-0.05, 0) is 55.9 Å². The standard InChI is InChI=1S/C16H22O3/c1-12-8-10-16(19-3,11-9-12)15(17)13-4-6-14(18-2)7-5-13/h4-7,12H,8-11H2,1-3H3. The summed E-state index contributed by atoms with van der Waals surface area (Å²) in [4.78, 5) is 12.7. The molecule has 0 aromatic heterocycles. The van der Waals surface area contributed by atoms with Gasteiger partial charge in [0.1, 0.15) is 11.4 Å². The van der Waals surface area contributed by atoms with Crippen molar-refractivity contribution in [2.24, 2.45) is 5.92 Å². The summed E-state index contributed by atoms with van der Waals surface area (Å²) in [5, 5.41) is 0. The molecule has 0 aliphatic heterocycles. The van der Waals surface area contributed by atoms with Crippen LogP contribution in [0.25, 0.3) is 0 Å². The van der Waals surface area contributed by atoms with E-state index in [0.29, 0.717) is 11.5 Å². The number of ether oxygens (including phenoxy) is 2. The molecule has 1 aliphatic carbocycles. The van der Waals surface area contributed by atoms with Gasteiger partial charge in [0, 0.05) is 12.7 Å². The predicted octanol–water partition coefficient (Wildman–Crippen LogP) is 3.47. The van der Waals surface area contributed by atoms with Crippen LogP contribution in [0.1, 0.15) is 43.0 Å². The molecule has 0 bridgehead atoms. The number of ketones is 1. The number of benzene rings is 1. The van der Waals surface area contributed by atoms with Crippen LogP contribution < -0.4 is 4.74 Å². The van der Waals surface area contributed by atoms with Crippen LogP contribution in [-0.2, 0) is 4.74 Å². The van der Waals surface area contributed by atoms with Gasteiger partial charge in [-0.2, -0.15) is 0 Å². The van der Waals surface area contributed by atoms with Crippen molar-refractivity contribution >= 4 is 5.78 Å². The van der Waals surface area contributed by atoms with Crippen LogP contribution >= 0.6 is 0 Å². The molecule has 1 saturated carbocycles. The fraction of sp³-hybridized carbons (Fsp3) is 0.562. The van der Waals surface area contributed by atoms with Crippen molar-refractivity contribution in [1.29, 1.82) is 0 Å². The first-order valence-corrected chi connectivity index (χ1v) is 6.85. The molecule has 0 heterocycles. The predicted molar refractivity (Wildman–Crippen MR) is 74.7 cm³/mol. The summed E-state index contributed by atoms with van der Waals surface area (Å²) >= 11 is 0. The molecule has 0 unspecified atom stereocenters. The first-order valence-electron chi connectivity index (χ1n) is 6.85. The van der Waals surface area contributed by atoms with Gasteiger partial charge in [0.15, 0.2) is 5.78 Å². The van der Waals surface area contributed by atoms with E-state index in [9.17, 15) is 4.79 Å². The van der Waals surface area contributed by atoms with Crippen molar-refractivity contribution in [2.45, 2.75) is 38.2 Å². The van der Waals surface area contributed by atoms with E-state index in [1.807, 2.05) is 24.3 Å². The topological polar surface area (TPSA) is 35.5 Å². The van der Waals surface area contributed by atoms with Crippen LogP contribution in [0.3, 0.4) is 0 Å². The van der Waals surface area contributed by atoms with Gasteiger partial charge in [0.25, 0.3) is 0 Å². The van der Waals surface area contributed by atoms with Gasteiger partial charge in [-0.15, -0.1) is 0 Å². The van der Waals surface area contributed by atoms with Gasteiger partial charge in [-0.25, -0.2) is 0 Å². The second-order valence-corrected chi connectivity index (χ2v) is 5.44. The van der Waals surface area contributed by atoms with Crippen LogP contribution in [0, 0.1) is 5.92 Å². The van der Waals surface area contributed by atoms with E-state index >= 15 is 0 Å². The largest absolute Gasteiger partial charge is 0.497 e. The Kier molecular flexibility index (Phi) is 4.25. The molecule has 1 fully saturated rings. The molecule has 104 valence electrons. The van der Waals surface area contributed by atoms with E-state index in [1.165, 1.54) is 0 Å². The third kappa shape index (κ3) is 2.81. The molecular weight excluding hydrogens is 240 g/mol. The number of rotatable bonds is 4. The van der Waals surface area contributed by atoms with E-state index in [4.69, 9.17) is 9.47 Å². The lowest BCUT2D eigenvalue weighted by Crippen LogP contribution is -2.43. The third-order valence-electron chi connectivity index (χ3n) is 4.24. The number of methoxy groups -OCH3 is 2. The second kappa shape index (κ2) is 5.74. The maximum absolute atomic E-state index is 12.7. The molecule has 0 atom stereocenters. The van der Waals surface area contributed by atoms with E-state index in [0.717, 1.165) is 31.4 Å². The van der Waals surface area contributed by atoms with Crippen LogP contribution in [0.2, 0.25) is 0 Å². The molecule has 1 aromatic rings. The van der Waals surface area contributed by atoms with Crippen molar-refractivity contribution in [3.8, 4) is 5.75 Å². The lowest BCUT2D eigenvalue weighted by atomic mass is 9.75. The first-order chi connectivity index (χ1) is 9.11. The lowest BCUT2D eigenvalue weighted by Gasteiger charge is -2.36. The number of hydrogen-bond acceptors (Lipinski definition) is 3. The summed E-state index contributed by atoms with van der Waals surface area (Å²) in [6.45, 7) is 2.23. The van der Waals surface area contributed by atoms with Gasteiger partial charge >= 0.3 is 0 Å². The van der Waals surface area contributed by atoms with Crippen molar-refractivity contribution in [3.05, 3.63) is 29.8 Å². The summed E-state index contributed by atoms with van der Waals surface area (Å²) in [6.07, 6.45) is 3.73. The minimum absolute atomic E-state index is 0.101. The zero-order chi connectivity index (χ0) is 13.9. The number of carbonyl (C=O) groups excluding carboxylic acids is 1. The zero-order valence-electron chi connectivity index (χ0n) is 11.9. The summed E-state index contributed by atoms with van der Waals surface area (Å²) in [5.41, 5.74) is 0.0818. The molecule has 1 aromatic carbocycles. The maximum Gasteiger partial charge on any atom is 0.194 e. The summed E-state index contributed by atoms with van der Waals surface area (Å²) in [6, 6.07) is 7.28. The molecular formula is C16H22O3. The second-order valence-electron chi connectivity index (χ2n) is 5.44. The fourth-order valence-electron chi connectivity index (χ4n) is 2.76. The molecule has 2 rings (SSSR count). The number of hydrogen-bond donors (Lipinski definition) is 0. The van der Waals surface area contributed by atoms with Crippen LogP contribution in [0.15, 0.2) is 24.3 Å². The highest BCUT2D eigenvalue weighted by Gasteiger charge is 2.41. The molecule has 0 spiro atoms. The van der Waals surface area contributed by atoms with Gasteiger partial charge < -0.3 is 9.47 Å². The third-order valence-corrected chi connectivity index (χ3v) is 4.24. The lowest BCUT2D eigenvalue weighted by molar-refractivity contribution is -0.0263. The molecule has 0 N–H and O–H groups in total. The summed E-state index contributed by atoms with van der Waals surface area (Å²) < 4.78 is 10.7. The molecule has 0 saturated heterocycles. The first kappa shape index (κ1) is 14.1. The van der Waals surface area contributed by atoms with Gasteiger partial charge in [0.2, 0.25) is 0 Å². The monoisotopic (exact) mass is 262 g/mol. The Morgan fingerprint density at radius 1 is 1.16 bits per heavy atom. The van der Waals surface area contributed by atoms with Gasteiger partial charge in [0.05, 0.1) is 7.11 Å². The van der Waals surface area contributed by atoms with Crippen LogP contribution in [-0.4, -0.2) is 25.6 Å². The Morgan fingerprint density at radius 3 is 2.21 bits per heavy atom. The van der Waals surface area contributed by atoms with Crippen molar-refractivity contribution < 1.29 is 14.3 Å².